The van der Waals surface area contributed by atoms with E-state index in [1.165, 1.54) is 12.2 Å². The zero-order valence-corrected chi connectivity index (χ0v) is 6.59. The number of ether oxygens (including phenoxy) is 1. The van der Waals surface area contributed by atoms with E-state index in [0.29, 0.717) is 12.0 Å². The van der Waals surface area contributed by atoms with Gasteiger partial charge in [-0.3, -0.25) is 0 Å². The van der Waals surface area contributed by atoms with E-state index in [1.807, 2.05) is 6.92 Å². The van der Waals surface area contributed by atoms with Gasteiger partial charge in [-0.05, 0) is 6.42 Å². The molecule has 0 saturated carbocycles. The Hall–Kier alpha value is -1.05. The number of methoxy groups -OCH3 is 1. The lowest BCUT2D eigenvalue weighted by Gasteiger charge is -2.00. The summed E-state index contributed by atoms with van der Waals surface area (Å²) in [6.07, 6.45) is 4.14. The maximum Gasteiger partial charge on any atom is 0.333 e. The maximum atomic E-state index is 11.2. The molecular weight excluding hydrogens is 140 g/mol. The summed E-state index contributed by atoms with van der Waals surface area (Å²) in [6.45, 7) is 5.33. The minimum absolute atomic E-state index is 0.332. The Labute approximate surface area is 71.8 Å². The van der Waals surface area contributed by atoms with Crippen LogP contribution in [0.1, 0.15) is 23.9 Å². The molecular formula is C9H14O2. The molecule has 0 rings (SSSR count). The highest BCUT2D eigenvalue weighted by molar-refractivity contribution is 5.88. The molecule has 0 spiro atoms. The molecule has 0 N–H and O–H groups in total. The standard InChI is InChI=1S/C9H14O2/c1-4-6-8(7-5-2)9(10)11-3/h4,6H,1,5,7H2,2-3H3/b8-6+/i3D3. The number of carbonyl (C=O) groups is 1. The van der Waals surface area contributed by atoms with Crippen molar-refractivity contribution < 1.29 is 13.6 Å². The predicted molar refractivity (Wildman–Crippen MR) is 45.2 cm³/mol. The van der Waals surface area contributed by atoms with E-state index >= 15 is 0 Å². The van der Waals surface area contributed by atoms with Crippen LogP contribution in [0.4, 0.5) is 0 Å². The van der Waals surface area contributed by atoms with Crippen molar-refractivity contribution in [1.29, 1.82) is 0 Å². The van der Waals surface area contributed by atoms with Gasteiger partial charge in [0.15, 0.2) is 0 Å². The monoisotopic (exact) mass is 157 g/mol. The quantitative estimate of drug-likeness (QED) is 0.355. The molecule has 0 atom stereocenters. The molecule has 62 valence electrons. The van der Waals surface area contributed by atoms with Gasteiger partial charge in [0, 0.05) is 5.57 Å². The van der Waals surface area contributed by atoms with Crippen molar-refractivity contribution in [2.24, 2.45) is 0 Å². The van der Waals surface area contributed by atoms with Crippen molar-refractivity contribution in [3.05, 3.63) is 24.3 Å². The zero-order chi connectivity index (χ0) is 11.2. The Morgan fingerprint density at radius 1 is 1.82 bits per heavy atom. The summed E-state index contributed by atoms with van der Waals surface area (Å²) in [6, 6.07) is 0. The first-order valence-corrected chi connectivity index (χ1v) is 3.45. The summed E-state index contributed by atoms with van der Waals surface area (Å²) < 4.78 is 24.5. The fourth-order valence-electron chi connectivity index (χ4n) is 0.731. The van der Waals surface area contributed by atoms with Gasteiger partial charge in [0.25, 0.3) is 0 Å². The van der Waals surface area contributed by atoms with Crippen LogP contribution in [-0.4, -0.2) is 13.0 Å². The second kappa shape index (κ2) is 5.71. The number of hydrogen-bond acceptors (Lipinski definition) is 2. The molecule has 0 aromatic carbocycles. The van der Waals surface area contributed by atoms with Crippen molar-refractivity contribution in [2.45, 2.75) is 19.8 Å². The van der Waals surface area contributed by atoms with Gasteiger partial charge in [-0.2, -0.15) is 0 Å². The van der Waals surface area contributed by atoms with Gasteiger partial charge >= 0.3 is 5.97 Å². The van der Waals surface area contributed by atoms with Crippen LogP contribution in [0.15, 0.2) is 24.3 Å². The van der Waals surface area contributed by atoms with Gasteiger partial charge < -0.3 is 4.74 Å². The normalized spacial score (nSPS) is 16.1. The molecule has 11 heavy (non-hydrogen) atoms. The van der Waals surface area contributed by atoms with Crippen molar-refractivity contribution in [1.82, 2.24) is 0 Å². The van der Waals surface area contributed by atoms with Crippen LogP contribution in [0.2, 0.25) is 0 Å². The van der Waals surface area contributed by atoms with Gasteiger partial charge in [0.05, 0.1) is 11.2 Å². The van der Waals surface area contributed by atoms with Crippen LogP contribution < -0.4 is 0 Å². The lowest BCUT2D eigenvalue weighted by atomic mass is 10.1. The average Bonchev–Trinajstić information content (AvgIpc) is 2.01. The first kappa shape index (κ1) is 5.58. The molecule has 0 fully saturated rings. The van der Waals surface area contributed by atoms with Crippen LogP contribution in [0.25, 0.3) is 0 Å². The Morgan fingerprint density at radius 3 is 3.00 bits per heavy atom. The summed E-state index contributed by atoms with van der Waals surface area (Å²) in [7, 11) is -2.68. The van der Waals surface area contributed by atoms with E-state index in [9.17, 15) is 4.79 Å². The van der Waals surface area contributed by atoms with Gasteiger partial charge in [-0.1, -0.05) is 32.1 Å². The maximum absolute atomic E-state index is 11.2. The van der Waals surface area contributed by atoms with Crippen LogP contribution >= 0.6 is 0 Å². The van der Waals surface area contributed by atoms with E-state index in [0.717, 1.165) is 6.42 Å². The fraction of sp³-hybridized carbons (Fsp3) is 0.444. The molecule has 0 bridgehead atoms. The molecule has 2 nitrogen and oxygen atoms in total. The van der Waals surface area contributed by atoms with Gasteiger partial charge in [0.2, 0.25) is 0 Å². The van der Waals surface area contributed by atoms with Crippen LogP contribution in [0.5, 0.6) is 0 Å². The molecule has 0 aliphatic rings. The third-order valence-corrected chi connectivity index (χ3v) is 1.19. The van der Waals surface area contributed by atoms with E-state index in [1.54, 1.807) is 0 Å². The lowest BCUT2D eigenvalue weighted by Crippen LogP contribution is -2.03. The molecule has 0 amide bonds. The van der Waals surface area contributed by atoms with Gasteiger partial charge in [-0.25, -0.2) is 4.79 Å². The Kier molecular flexibility index (Phi) is 2.90. The van der Waals surface area contributed by atoms with Crippen LogP contribution in [0, 0.1) is 0 Å². The van der Waals surface area contributed by atoms with E-state index < -0.39 is 13.0 Å². The highest BCUT2D eigenvalue weighted by atomic mass is 16.5. The first-order valence-electron chi connectivity index (χ1n) is 4.95. The lowest BCUT2D eigenvalue weighted by molar-refractivity contribution is -0.136. The van der Waals surface area contributed by atoms with E-state index in [2.05, 4.69) is 11.3 Å². The van der Waals surface area contributed by atoms with Crippen LogP contribution in [0.3, 0.4) is 0 Å². The number of carbonyl (C=O) groups excluding carboxylic acids is 1. The average molecular weight is 157 g/mol. The molecule has 0 aromatic rings. The highest BCUT2D eigenvalue weighted by Crippen LogP contribution is 2.06. The first-order chi connectivity index (χ1) is 6.40. The van der Waals surface area contributed by atoms with E-state index in [-0.39, 0.29) is 0 Å². The third kappa shape index (κ3) is 3.61. The smallest absolute Gasteiger partial charge is 0.333 e. The Bertz CT molecular complexity index is 241. The second-order valence-corrected chi connectivity index (χ2v) is 2.07. The largest absolute Gasteiger partial charge is 0.466 e. The summed E-state index contributed by atoms with van der Waals surface area (Å²) in [4.78, 5) is 11.2. The van der Waals surface area contributed by atoms with Crippen molar-refractivity contribution in [3.63, 3.8) is 0 Å². The summed E-state index contributed by atoms with van der Waals surface area (Å²) in [5.74, 6) is -0.799. The third-order valence-electron chi connectivity index (χ3n) is 1.19. The minimum Gasteiger partial charge on any atom is -0.466 e. The van der Waals surface area contributed by atoms with Crippen molar-refractivity contribution >= 4 is 5.97 Å². The summed E-state index contributed by atoms with van der Waals surface area (Å²) in [5.41, 5.74) is 0.332. The molecule has 0 aliphatic heterocycles. The van der Waals surface area contributed by atoms with Gasteiger partial charge in [0.1, 0.15) is 0 Å². The van der Waals surface area contributed by atoms with Crippen LogP contribution in [-0.2, 0) is 9.53 Å². The summed E-state index contributed by atoms with van der Waals surface area (Å²) in [5, 5.41) is 0. The molecule has 0 saturated heterocycles. The van der Waals surface area contributed by atoms with Crippen molar-refractivity contribution in [3.8, 4) is 0 Å². The predicted octanol–water partition coefficient (Wildman–Crippen LogP) is 2.07. The number of esters is 1. The molecule has 0 aromatic heterocycles. The Balaban J connectivity index is 4.46. The molecule has 2 heteroatoms. The topological polar surface area (TPSA) is 26.3 Å². The van der Waals surface area contributed by atoms with Crippen molar-refractivity contribution in [2.75, 3.05) is 7.04 Å². The Morgan fingerprint density at radius 2 is 2.55 bits per heavy atom. The molecule has 0 aliphatic carbocycles. The van der Waals surface area contributed by atoms with Gasteiger partial charge in [-0.15, -0.1) is 0 Å². The summed E-state index contributed by atoms with van der Waals surface area (Å²) >= 11 is 0. The number of allylic oxidation sites excluding steroid dienone is 2. The minimum atomic E-state index is -2.68. The fourth-order valence-corrected chi connectivity index (χ4v) is 0.731. The second-order valence-electron chi connectivity index (χ2n) is 2.07. The molecule has 0 radical (unpaired) electrons. The highest BCUT2D eigenvalue weighted by Gasteiger charge is 2.05. The SMILES string of the molecule is [2H]C([2H])([2H])OC(=O)/C(=C/C=C)CCC. The zero-order valence-electron chi connectivity index (χ0n) is 9.59. The molecule has 0 heterocycles. The molecule has 0 unspecified atom stereocenters. The van der Waals surface area contributed by atoms with E-state index in [4.69, 9.17) is 4.11 Å². The number of rotatable bonds is 4. The number of hydrogen-bond donors (Lipinski definition) is 0.